The first kappa shape index (κ1) is 20.6. The number of benzene rings is 1. The Morgan fingerprint density at radius 3 is 2.78 bits per heavy atom. The van der Waals surface area contributed by atoms with E-state index in [1.165, 1.54) is 18.6 Å². The highest BCUT2D eigenvalue weighted by atomic mass is 35.5. The van der Waals surface area contributed by atoms with Crippen LogP contribution < -0.4 is 0 Å². The summed E-state index contributed by atoms with van der Waals surface area (Å²) >= 11 is 6.17. The number of nitrogens with zero attached hydrogens (tertiary/aromatic N) is 1. The molecule has 1 aromatic rings. The predicted molar refractivity (Wildman–Crippen MR) is 103 cm³/mol. The van der Waals surface area contributed by atoms with Crippen molar-refractivity contribution in [2.45, 2.75) is 58.1 Å². The van der Waals surface area contributed by atoms with Gasteiger partial charge in [0.2, 0.25) is 0 Å². The second-order valence-electron chi connectivity index (χ2n) is 7.71. The quantitative estimate of drug-likeness (QED) is 0.658. The molecule has 0 bridgehead atoms. The summed E-state index contributed by atoms with van der Waals surface area (Å²) in [7, 11) is 0. The summed E-state index contributed by atoms with van der Waals surface area (Å²) in [6, 6.07) is 4.53. The minimum absolute atomic E-state index is 0.0846. The van der Waals surface area contributed by atoms with Crippen LogP contribution in [0.15, 0.2) is 18.2 Å². The molecule has 0 saturated carbocycles. The number of carbonyl (C=O) groups is 1. The minimum Gasteiger partial charge on any atom is -0.466 e. The van der Waals surface area contributed by atoms with Crippen LogP contribution in [0.2, 0.25) is 5.02 Å². The van der Waals surface area contributed by atoms with Crippen molar-refractivity contribution in [2.24, 2.45) is 5.41 Å². The van der Waals surface area contributed by atoms with Crippen molar-refractivity contribution in [3.63, 3.8) is 0 Å². The van der Waals surface area contributed by atoms with Crippen molar-refractivity contribution in [3.8, 4) is 0 Å². The molecule has 1 atom stereocenters. The monoisotopic (exact) mass is 397 g/mol. The first-order valence-electron chi connectivity index (χ1n) is 9.97. The fourth-order valence-corrected chi connectivity index (χ4v) is 4.44. The molecule has 0 spiro atoms. The van der Waals surface area contributed by atoms with Gasteiger partial charge in [0.05, 0.1) is 18.1 Å². The molecule has 1 aromatic carbocycles. The van der Waals surface area contributed by atoms with Gasteiger partial charge in [0.1, 0.15) is 5.82 Å². The van der Waals surface area contributed by atoms with Crippen molar-refractivity contribution in [1.82, 2.24) is 4.90 Å². The Morgan fingerprint density at radius 1 is 1.37 bits per heavy atom. The van der Waals surface area contributed by atoms with Crippen LogP contribution in [0.4, 0.5) is 4.39 Å². The molecule has 4 nitrogen and oxygen atoms in total. The number of esters is 1. The van der Waals surface area contributed by atoms with Crippen molar-refractivity contribution >= 4 is 17.6 Å². The van der Waals surface area contributed by atoms with Crippen LogP contribution in [0.25, 0.3) is 0 Å². The SMILES string of the molecule is CCOC(=O)C1(CC2CCCCO2)CCN(Cc2ccc(F)cc2Cl)CC1. The van der Waals surface area contributed by atoms with E-state index in [1.807, 2.05) is 6.92 Å². The molecule has 0 aliphatic carbocycles. The summed E-state index contributed by atoms with van der Waals surface area (Å²) in [5, 5.41) is 0.452. The van der Waals surface area contributed by atoms with Crippen LogP contribution in [-0.4, -0.2) is 43.3 Å². The molecule has 2 fully saturated rings. The van der Waals surface area contributed by atoms with E-state index in [4.69, 9.17) is 21.1 Å². The molecule has 0 N–H and O–H groups in total. The van der Waals surface area contributed by atoms with E-state index in [-0.39, 0.29) is 17.9 Å². The average Bonchev–Trinajstić information content (AvgIpc) is 2.66. The van der Waals surface area contributed by atoms with E-state index in [2.05, 4.69) is 4.90 Å². The summed E-state index contributed by atoms with van der Waals surface area (Å²) < 4.78 is 24.6. The Hall–Kier alpha value is -1.17. The number of rotatable bonds is 6. The molecule has 0 radical (unpaired) electrons. The second-order valence-corrected chi connectivity index (χ2v) is 8.11. The third kappa shape index (κ3) is 5.21. The number of halogens is 2. The zero-order chi connectivity index (χ0) is 19.3. The lowest BCUT2D eigenvalue weighted by molar-refractivity contribution is -0.162. The Labute approximate surface area is 166 Å². The van der Waals surface area contributed by atoms with Crippen LogP contribution in [0.3, 0.4) is 0 Å². The summed E-state index contributed by atoms with van der Waals surface area (Å²) in [6.07, 6.45) is 5.71. The highest BCUT2D eigenvalue weighted by Crippen LogP contribution is 2.40. The van der Waals surface area contributed by atoms with E-state index >= 15 is 0 Å². The molecule has 0 amide bonds. The third-order valence-corrected chi connectivity index (χ3v) is 6.17. The molecule has 2 saturated heterocycles. The van der Waals surface area contributed by atoms with Crippen LogP contribution >= 0.6 is 11.6 Å². The summed E-state index contributed by atoms with van der Waals surface area (Å²) in [5.41, 5.74) is 0.457. The van der Waals surface area contributed by atoms with Gasteiger partial charge >= 0.3 is 5.97 Å². The second kappa shape index (κ2) is 9.35. The van der Waals surface area contributed by atoms with Gasteiger partial charge < -0.3 is 9.47 Å². The number of carbonyl (C=O) groups excluding carboxylic acids is 1. The van der Waals surface area contributed by atoms with Gasteiger partial charge in [-0.05, 0) is 76.2 Å². The molecule has 1 unspecified atom stereocenters. The zero-order valence-corrected chi connectivity index (χ0v) is 16.8. The Balaban J connectivity index is 1.64. The molecule has 2 aliphatic heterocycles. The molecule has 3 rings (SSSR count). The van der Waals surface area contributed by atoms with Crippen molar-refractivity contribution in [2.75, 3.05) is 26.3 Å². The Bertz CT molecular complexity index is 640. The third-order valence-electron chi connectivity index (χ3n) is 5.82. The number of hydrogen-bond acceptors (Lipinski definition) is 4. The normalized spacial score (nSPS) is 23.1. The first-order valence-corrected chi connectivity index (χ1v) is 10.4. The summed E-state index contributed by atoms with van der Waals surface area (Å²) in [5.74, 6) is -0.408. The number of ether oxygens (including phenoxy) is 2. The fourth-order valence-electron chi connectivity index (χ4n) is 4.21. The minimum atomic E-state index is -0.457. The topological polar surface area (TPSA) is 38.8 Å². The predicted octanol–water partition coefficient (Wildman–Crippen LogP) is 4.58. The first-order chi connectivity index (χ1) is 13.0. The van der Waals surface area contributed by atoms with E-state index < -0.39 is 5.41 Å². The van der Waals surface area contributed by atoms with Gasteiger partial charge in [0.25, 0.3) is 0 Å². The van der Waals surface area contributed by atoms with Gasteiger partial charge in [-0.25, -0.2) is 4.39 Å². The maximum Gasteiger partial charge on any atom is 0.312 e. The molecule has 0 aromatic heterocycles. The summed E-state index contributed by atoms with van der Waals surface area (Å²) in [6.45, 7) is 5.30. The van der Waals surface area contributed by atoms with Gasteiger partial charge in [-0.1, -0.05) is 17.7 Å². The maximum absolute atomic E-state index is 13.3. The number of hydrogen-bond donors (Lipinski definition) is 0. The molecular formula is C21H29ClFNO3. The van der Waals surface area contributed by atoms with Gasteiger partial charge in [0, 0.05) is 18.2 Å². The Morgan fingerprint density at radius 2 is 2.15 bits per heavy atom. The highest BCUT2D eigenvalue weighted by molar-refractivity contribution is 6.31. The van der Waals surface area contributed by atoms with Crippen LogP contribution in [0, 0.1) is 11.2 Å². The molecule has 2 heterocycles. The molecular weight excluding hydrogens is 369 g/mol. The van der Waals surface area contributed by atoms with Gasteiger partial charge in [-0.2, -0.15) is 0 Å². The van der Waals surface area contributed by atoms with Crippen molar-refractivity contribution in [1.29, 1.82) is 0 Å². The van der Waals surface area contributed by atoms with E-state index in [1.54, 1.807) is 6.07 Å². The molecule has 27 heavy (non-hydrogen) atoms. The van der Waals surface area contributed by atoms with E-state index in [0.29, 0.717) is 18.2 Å². The van der Waals surface area contributed by atoms with Crippen molar-refractivity contribution in [3.05, 3.63) is 34.6 Å². The highest BCUT2D eigenvalue weighted by Gasteiger charge is 2.44. The largest absolute Gasteiger partial charge is 0.466 e. The van der Waals surface area contributed by atoms with Crippen LogP contribution in [-0.2, 0) is 20.8 Å². The lowest BCUT2D eigenvalue weighted by Gasteiger charge is -2.42. The van der Waals surface area contributed by atoms with Gasteiger partial charge in [-0.3, -0.25) is 9.69 Å². The standard InChI is InChI=1S/C21H29ClFNO3/c1-2-26-20(25)21(14-18-5-3-4-12-27-18)8-10-24(11-9-21)15-16-6-7-17(23)13-19(16)22/h6-7,13,18H,2-5,8-12,14-15H2,1H3. The maximum atomic E-state index is 13.3. The van der Waals surface area contributed by atoms with Crippen LogP contribution in [0.5, 0.6) is 0 Å². The lowest BCUT2D eigenvalue weighted by atomic mass is 9.73. The van der Waals surface area contributed by atoms with E-state index in [0.717, 1.165) is 57.4 Å². The fraction of sp³-hybridized carbons (Fsp3) is 0.667. The van der Waals surface area contributed by atoms with Gasteiger partial charge in [0.15, 0.2) is 0 Å². The number of piperidine rings is 1. The lowest BCUT2D eigenvalue weighted by Crippen LogP contribution is -2.47. The zero-order valence-electron chi connectivity index (χ0n) is 16.0. The average molecular weight is 398 g/mol. The Kier molecular flexibility index (Phi) is 7.12. The van der Waals surface area contributed by atoms with E-state index in [9.17, 15) is 9.18 Å². The molecule has 2 aliphatic rings. The number of likely N-dealkylation sites (tertiary alicyclic amines) is 1. The smallest absolute Gasteiger partial charge is 0.312 e. The van der Waals surface area contributed by atoms with Crippen molar-refractivity contribution < 1.29 is 18.7 Å². The van der Waals surface area contributed by atoms with Gasteiger partial charge in [-0.15, -0.1) is 0 Å². The van der Waals surface area contributed by atoms with Crippen LogP contribution in [0.1, 0.15) is 51.0 Å². The summed E-state index contributed by atoms with van der Waals surface area (Å²) in [4.78, 5) is 15.1. The molecule has 150 valence electrons. The molecule has 6 heteroatoms.